The summed E-state index contributed by atoms with van der Waals surface area (Å²) in [5.74, 6) is 0.303. The molecule has 5 heteroatoms. The van der Waals surface area contributed by atoms with Crippen LogP contribution < -0.4 is 10.6 Å². The zero-order valence-corrected chi connectivity index (χ0v) is 14.0. The summed E-state index contributed by atoms with van der Waals surface area (Å²) in [6.45, 7) is 3.32. The lowest BCUT2D eigenvalue weighted by molar-refractivity contribution is -0.127. The van der Waals surface area contributed by atoms with Gasteiger partial charge in [-0.3, -0.25) is 9.69 Å². The van der Waals surface area contributed by atoms with Crippen molar-refractivity contribution in [3.8, 4) is 0 Å². The van der Waals surface area contributed by atoms with Gasteiger partial charge in [0.25, 0.3) is 0 Å². The molecular weight excluding hydrogens is 282 g/mol. The highest BCUT2D eigenvalue weighted by Crippen LogP contribution is 2.30. The quantitative estimate of drug-likeness (QED) is 0.828. The minimum Gasteiger partial charge on any atom is -0.351 e. The molecule has 3 aliphatic rings. The molecule has 2 heterocycles. The number of thioether (sulfide) groups is 1. The van der Waals surface area contributed by atoms with E-state index in [2.05, 4.69) is 21.8 Å². The molecule has 0 bridgehead atoms. The highest BCUT2D eigenvalue weighted by atomic mass is 32.2. The number of piperidine rings is 1. The van der Waals surface area contributed by atoms with Crippen molar-refractivity contribution < 1.29 is 4.79 Å². The second-order valence-electron chi connectivity index (χ2n) is 6.70. The molecule has 0 spiro atoms. The third kappa shape index (κ3) is 3.57. The van der Waals surface area contributed by atoms with Crippen LogP contribution in [0.3, 0.4) is 0 Å². The van der Waals surface area contributed by atoms with E-state index < -0.39 is 0 Å². The van der Waals surface area contributed by atoms with E-state index in [-0.39, 0.29) is 6.04 Å². The fourth-order valence-electron chi connectivity index (χ4n) is 4.30. The van der Waals surface area contributed by atoms with Crippen molar-refractivity contribution in [1.82, 2.24) is 15.5 Å². The number of nitrogens with one attached hydrogen (secondary N) is 2. The highest BCUT2D eigenvalue weighted by Gasteiger charge is 2.37. The molecule has 21 heavy (non-hydrogen) atoms. The van der Waals surface area contributed by atoms with E-state index in [1.165, 1.54) is 32.1 Å². The van der Waals surface area contributed by atoms with Gasteiger partial charge in [0.15, 0.2) is 0 Å². The second-order valence-corrected chi connectivity index (χ2v) is 7.77. The molecule has 0 aromatic rings. The molecule has 2 N–H and O–H groups in total. The van der Waals surface area contributed by atoms with E-state index in [0.717, 1.165) is 32.5 Å². The van der Waals surface area contributed by atoms with Gasteiger partial charge in [0.2, 0.25) is 5.91 Å². The van der Waals surface area contributed by atoms with Gasteiger partial charge < -0.3 is 10.6 Å². The maximum atomic E-state index is 12.7. The molecule has 0 radical (unpaired) electrons. The van der Waals surface area contributed by atoms with Crippen molar-refractivity contribution in [3.05, 3.63) is 0 Å². The van der Waals surface area contributed by atoms with Crippen LogP contribution in [0.4, 0.5) is 0 Å². The monoisotopic (exact) mass is 311 g/mol. The molecule has 4 nitrogen and oxygen atoms in total. The molecule has 2 aliphatic heterocycles. The summed E-state index contributed by atoms with van der Waals surface area (Å²) in [5, 5.41) is 7.43. The first-order chi connectivity index (χ1) is 10.3. The van der Waals surface area contributed by atoms with E-state index in [1.807, 2.05) is 11.8 Å². The molecule has 1 saturated carbocycles. The van der Waals surface area contributed by atoms with Gasteiger partial charge in [-0.25, -0.2) is 0 Å². The number of rotatable bonds is 4. The molecule has 2 saturated heterocycles. The summed E-state index contributed by atoms with van der Waals surface area (Å²) < 4.78 is 0. The van der Waals surface area contributed by atoms with Crippen molar-refractivity contribution in [3.63, 3.8) is 0 Å². The Balaban J connectivity index is 1.57. The van der Waals surface area contributed by atoms with E-state index in [1.54, 1.807) is 0 Å². The molecule has 0 aromatic carbocycles. The number of carbonyl (C=O) groups excluding carboxylic acids is 1. The Morgan fingerprint density at radius 3 is 2.71 bits per heavy atom. The molecule has 0 aromatic heterocycles. The summed E-state index contributed by atoms with van der Waals surface area (Å²) in [7, 11) is 0. The van der Waals surface area contributed by atoms with Gasteiger partial charge in [-0.15, -0.1) is 0 Å². The van der Waals surface area contributed by atoms with Crippen LogP contribution in [-0.4, -0.2) is 60.1 Å². The number of amides is 1. The zero-order chi connectivity index (χ0) is 14.7. The Labute approximate surface area is 132 Å². The molecule has 3 unspecified atom stereocenters. The summed E-state index contributed by atoms with van der Waals surface area (Å²) in [6, 6.07) is 1.16. The maximum Gasteiger partial charge on any atom is 0.237 e. The first-order valence-corrected chi connectivity index (χ1v) is 9.88. The minimum absolute atomic E-state index is 0.135. The standard InChI is InChI=1S/C16H29N3OS/c1-21-15-6-2-4-13(15)18-16(20)14-5-3-11-19(14)12-7-9-17-10-8-12/h12-15,17H,2-11H2,1H3,(H,18,20). The van der Waals surface area contributed by atoms with Crippen LogP contribution >= 0.6 is 11.8 Å². The number of nitrogens with zero attached hydrogens (tertiary/aromatic N) is 1. The van der Waals surface area contributed by atoms with E-state index >= 15 is 0 Å². The van der Waals surface area contributed by atoms with Crippen LogP contribution in [0.1, 0.15) is 44.9 Å². The van der Waals surface area contributed by atoms with Crippen LogP contribution in [0.25, 0.3) is 0 Å². The third-order valence-corrected chi connectivity index (χ3v) is 6.63. The molecular formula is C16H29N3OS. The number of carbonyl (C=O) groups is 1. The molecule has 1 aliphatic carbocycles. The summed E-state index contributed by atoms with van der Waals surface area (Å²) >= 11 is 1.92. The van der Waals surface area contributed by atoms with Gasteiger partial charge in [0.05, 0.1) is 6.04 Å². The van der Waals surface area contributed by atoms with Gasteiger partial charge in [-0.05, 0) is 64.4 Å². The van der Waals surface area contributed by atoms with Gasteiger partial charge in [0, 0.05) is 17.3 Å². The second kappa shape index (κ2) is 7.34. The van der Waals surface area contributed by atoms with Crippen LogP contribution in [0, 0.1) is 0 Å². The number of hydrogen-bond acceptors (Lipinski definition) is 4. The summed E-state index contributed by atoms with van der Waals surface area (Å²) in [6.07, 6.45) is 10.5. The average Bonchev–Trinajstić information content (AvgIpc) is 3.16. The van der Waals surface area contributed by atoms with Crippen LogP contribution in [0.15, 0.2) is 0 Å². The van der Waals surface area contributed by atoms with E-state index in [0.29, 0.717) is 23.2 Å². The van der Waals surface area contributed by atoms with Crippen molar-refractivity contribution in [1.29, 1.82) is 0 Å². The first kappa shape index (κ1) is 15.6. The average molecular weight is 311 g/mol. The third-order valence-electron chi connectivity index (χ3n) is 5.46. The first-order valence-electron chi connectivity index (χ1n) is 8.59. The summed E-state index contributed by atoms with van der Waals surface area (Å²) in [4.78, 5) is 15.2. The normalized spacial score (nSPS) is 35.2. The van der Waals surface area contributed by atoms with Crippen LogP contribution in [0.2, 0.25) is 0 Å². The SMILES string of the molecule is CSC1CCCC1NC(=O)C1CCCN1C1CCNCC1. The van der Waals surface area contributed by atoms with Gasteiger partial charge in [-0.1, -0.05) is 6.42 Å². The van der Waals surface area contributed by atoms with E-state index in [4.69, 9.17) is 0 Å². The topological polar surface area (TPSA) is 44.4 Å². The van der Waals surface area contributed by atoms with E-state index in [9.17, 15) is 4.79 Å². The van der Waals surface area contributed by atoms with Gasteiger partial charge in [0.1, 0.15) is 0 Å². The lowest BCUT2D eigenvalue weighted by Crippen LogP contribution is -2.53. The smallest absolute Gasteiger partial charge is 0.237 e. The van der Waals surface area contributed by atoms with Gasteiger partial charge >= 0.3 is 0 Å². The predicted octanol–water partition coefficient (Wildman–Crippen LogP) is 1.60. The van der Waals surface area contributed by atoms with Gasteiger partial charge in [-0.2, -0.15) is 11.8 Å². The fraction of sp³-hybridized carbons (Fsp3) is 0.938. The zero-order valence-electron chi connectivity index (χ0n) is 13.1. The van der Waals surface area contributed by atoms with Crippen molar-refractivity contribution >= 4 is 17.7 Å². The molecule has 1 amide bonds. The Bertz CT molecular complexity index is 359. The Morgan fingerprint density at radius 2 is 1.95 bits per heavy atom. The summed E-state index contributed by atoms with van der Waals surface area (Å²) in [5.41, 5.74) is 0. The maximum absolute atomic E-state index is 12.7. The molecule has 3 rings (SSSR count). The largest absolute Gasteiger partial charge is 0.351 e. The minimum atomic E-state index is 0.135. The molecule has 3 fully saturated rings. The van der Waals surface area contributed by atoms with Crippen LogP contribution in [0.5, 0.6) is 0 Å². The predicted molar refractivity (Wildman–Crippen MR) is 88.7 cm³/mol. The number of hydrogen-bond donors (Lipinski definition) is 2. The number of likely N-dealkylation sites (tertiary alicyclic amines) is 1. The van der Waals surface area contributed by atoms with Crippen molar-refractivity contribution in [2.75, 3.05) is 25.9 Å². The fourth-order valence-corrected chi connectivity index (χ4v) is 5.23. The lowest BCUT2D eigenvalue weighted by Gasteiger charge is -2.35. The Hall–Kier alpha value is -0.260. The van der Waals surface area contributed by atoms with Crippen LogP contribution in [-0.2, 0) is 4.79 Å². The van der Waals surface area contributed by atoms with Crippen molar-refractivity contribution in [2.24, 2.45) is 0 Å². The lowest BCUT2D eigenvalue weighted by atomic mass is 10.0. The Morgan fingerprint density at radius 1 is 1.14 bits per heavy atom. The van der Waals surface area contributed by atoms with Crippen molar-refractivity contribution in [2.45, 2.75) is 68.3 Å². The molecule has 120 valence electrons. The molecule has 3 atom stereocenters. The Kier molecular flexibility index (Phi) is 5.46. The highest BCUT2D eigenvalue weighted by molar-refractivity contribution is 7.99.